The lowest BCUT2D eigenvalue weighted by molar-refractivity contribution is -0.127. The third kappa shape index (κ3) is 3.19. The third-order valence-corrected chi connectivity index (χ3v) is 4.63. The Kier molecular flexibility index (Phi) is 4.40. The molecule has 0 spiro atoms. The number of carbonyl (C=O) groups excluding carboxylic acids is 1. The summed E-state index contributed by atoms with van der Waals surface area (Å²) in [6.45, 7) is 0. The second kappa shape index (κ2) is 6.86. The molecule has 0 bridgehead atoms. The summed E-state index contributed by atoms with van der Waals surface area (Å²) in [5.74, 6) is -0.544. The molecule has 1 aromatic heterocycles. The Bertz CT molecular complexity index is 913. The van der Waals surface area contributed by atoms with Crippen LogP contribution in [0, 0.1) is 0 Å². The first-order valence-corrected chi connectivity index (χ1v) is 8.48. The first kappa shape index (κ1) is 16.7. The van der Waals surface area contributed by atoms with E-state index < -0.39 is 19.2 Å². The van der Waals surface area contributed by atoms with Crippen molar-refractivity contribution in [2.45, 2.75) is 24.9 Å². The highest BCUT2D eigenvalue weighted by Gasteiger charge is 2.33. The van der Waals surface area contributed by atoms with Crippen molar-refractivity contribution in [1.82, 2.24) is 5.32 Å². The number of rotatable bonds is 5. The number of para-hydroxylation sites is 2. The van der Waals surface area contributed by atoms with Crippen LogP contribution in [0.25, 0.3) is 11.0 Å². The summed E-state index contributed by atoms with van der Waals surface area (Å²) in [5.41, 5.74) is 2.48. The van der Waals surface area contributed by atoms with E-state index in [1.165, 1.54) is 0 Å². The Morgan fingerprint density at radius 1 is 1.19 bits per heavy atom. The lowest BCUT2D eigenvalue weighted by Crippen LogP contribution is -2.51. The first-order chi connectivity index (χ1) is 12.6. The fourth-order valence-corrected chi connectivity index (χ4v) is 3.26. The Labute approximate surface area is 150 Å². The van der Waals surface area contributed by atoms with Crippen LogP contribution in [0.1, 0.15) is 11.1 Å². The van der Waals surface area contributed by atoms with Crippen molar-refractivity contribution < 1.29 is 24.0 Å². The number of hydrogen-bond acceptors (Lipinski definition) is 5. The summed E-state index contributed by atoms with van der Waals surface area (Å²) >= 11 is 0. The second-order valence-corrected chi connectivity index (χ2v) is 6.41. The van der Waals surface area contributed by atoms with E-state index in [1.807, 2.05) is 48.5 Å². The summed E-state index contributed by atoms with van der Waals surface area (Å²) in [6.07, 6.45) is 1.61. The van der Waals surface area contributed by atoms with Gasteiger partial charge in [-0.05, 0) is 29.7 Å². The Hall–Kier alpha value is -2.77. The molecule has 0 aliphatic carbocycles. The van der Waals surface area contributed by atoms with E-state index in [0.29, 0.717) is 12.2 Å². The van der Waals surface area contributed by atoms with Crippen LogP contribution in [-0.2, 0) is 17.6 Å². The molecule has 2 heterocycles. The van der Waals surface area contributed by atoms with Gasteiger partial charge in [0, 0.05) is 11.8 Å². The number of ether oxygens (including phenoxy) is 1. The van der Waals surface area contributed by atoms with Crippen LogP contribution in [0.15, 0.2) is 59.2 Å². The SMILES string of the molecule is O=C(NC(Cc1coc2ccccc12)B(O)O)[C@@H]1Cc2ccccc2O1. The first-order valence-electron chi connectivity index (χ1n) is 8.48. The maximum Gasteiger partial charge on any atom is 0.475 e. The van der Waals surface area contributed by atoms with Crippen molar-refractivity contribution >= 4 is 24.0 Å². The van der Waals surface area contributed by atoms with E-state index in [9.17, 15) is 14.8 Å². The summed E-state index contributed by atoms with van der Waals surface area (Å²) in [5, 5.41) is 23.0. The van der Waals surface area contributed by atoms with E-state index in [1.54, 1.807) is 6.26 Å². The van der Waals surface area contributed by atoms with Crippen molar-refractivity contribution in [3.05, 3.63) is 65.9 Å². The summed E-state index contributed by atoms with van der Waals surface area (Å²) in [6, 6.07) is 15.0. The molecule has 0 saturated heterocycles. The molecule has 1 unspecified atom stereocenters. The third-order valence-electron chi connectivity index (χ3n) is 4.63. The van der Waals surface area contributed by atoms with Gasteiger partial charge in [0.2, 0.25) is 0 Å². The van der Waals surface area contributed by atoms with Gasteiger partial charge in [0.05, 0.1) is 12.2 Å². The topological polar surface area (TPSA) is 91.9 Å². The largest absolute Gasteiger partial charge is 0.480 e. The van der Waals surface area contributed by atoms with Crippen LogP contribution >= 0.6 is 0 Å². The molecular weight excluding hydrogens is 333 g/mol. The molecule has 1 aliphatic heterocycles. The fraction of sp³-hybridized carbons (Fsp3) is 0.211. The van der Waals surface area contributed by atoms with Crippen molar-refractivity contribution in [1.29, 1.82) is 0 Å². The van der Waals surface area contributed by atoms with Crippen LogP contribution in [-0.4, -0.2) is 35.1 Å². The molecule has 2 aromatic carbocycles. The number of nitrogens with one attached hydrogen (secondary N) is 1. The van der Waals surface area contributed by atoms with E-state index in [-0.39, 0.29) is 12.3 Å². The van der Waals surface area contributed by atoms with Gasteiger partial charge < -0.3 is 24.5 Å². The molecule has 6 nitrogen and oxygen atoms in total. The molecule has 0 radical (unpaired) electrons. The molecule has 0 saturated carbocycles. The number of benzene rings is 2. The van der Waals surface area contributed by atoms with Gasteiger partial charge in [-0.3, -0.25) is 4.79 Å². The molecule has 3 aromatic rings. The van der Waals surface area contributed by atoms with E-state index >= 15 is 0 Å². The average Bonchev–Trinajstić information content (AvgIpc) is 3.25. The maximum absolute atomic E-state index is 12.5. The maximum atomic E-state index is 12.5. The number of carbonyl (C=O) groups is 1. The predicted molar refractivity (Wildman–Crippen MR) is 96.6 cm³/mol. The quantitative estimate of drug-likeness (QED) is 0.606. The molecule has 1 aliphatic rings. The van der Waals surface area contributed by atoms with E-state index in [2.05, 4.69) is 5.32 Å². The van der Waals surface area contributed by atoms with Gasteiger partial charge in [-0.25, -0.2) is 0 Å². The smallest absolute Gasteiger partial charge is 0.475 e. The van der Waals surface area contributed by atoms with Crippen molar-refractivity contribution in [3.8, 4) is 5.75 Å². The average molecular weight is 351 g/mol. The van der Waals surface area contributed by atoms with Gasteiger partial charge >= 0.3 is 7.12 Å². The highest BCUT2D eigenvalue weighted by atomic mass is 16.5. The number of fused-ring (bicyclic) bond motifs is 2. The van der Waals surface area contributed by atoms with Crippen molar-refractivity contribution in [2.75, 3.05) is 0 Å². The molecule has 4 rings (SSSR count). The standard InChI is InChI=1S/C19H18BNO5/c22-19(17-9-12-5-1-3-7-15(12)26-17)21-18(20(23)24)10-13-11-25-16-8-4-2-6-14(13)16/h1-8,11,17-18,23-24H,9-10H2,(H,21,22)/t17-,18?/m0/s1. The van der Waals surface area contributed by atoms with Crippen LogP contribution in [0.4, 0.5) is 0 Å². The zero-order valence-corrected chi connectivity index (χ0v) is 14.0. The number of furan rings is 1. The van der Waals surface area contributed by atoms with E-state index in [0.717, 1.165) is 22.1 Å². The molecule has 3 N–H and O–H groups in total. The fourth-order valence-electron chi connectivity index (χ4n) is 3.26. The second-order valence-electron chi connectivity index (χ2n) is 6.41. The lowest BCUT2D eigenvalue weighted by Gasteiger charge is -2.19. The number of hydrogen-bond donors (Lipinski definition) is 3. The molecule has 1 amide bonds. The molecule has 2 atom stereocenters. The zero-order valence-electron chi connectivity index (χ0n) is 14.0. The molecular formula is C19H18BNO5. The van der Waals surface area contributed by atoms with Gasteiger partial charge in [-0.2, -0.15) is 0 Å². The van der Waals surface area contributed by atoms with Gasteiger partial charge in [-0.1, -0.05) is 36.4 Å². The van der Waals surface area contributed by atoms with Gasteiger partial charge in [0.25, 0.3) is 5.91 Å². The van der Waals surface area contributed by atoms with Gasteiger partial charge in [0.15, 0.2) is 6.10 Å². The van der Waals surface area contributed by atoms with Crippen LogP contribution < -0.4 is 10.1 Å². The van der Waals surface area contributed by atoms with Crippen LogP contribution in [0.2, 0.25) is 0 Å². The zero-order chi connectivity index (χ0) is 18.1. The lowest BCUT2D eigenvalue weighted by atomic mass is 9.75. The number of amides is 1. The Morgan fingerprint density at radius 2 is 1.96 bits per heavy atom. The minimum atomic E-state index is -1.70. The Morgan fingerprint density at radius 3 is 2.77 bits per heavy atom. The van der Waals surface area contributed by atoms with Crippen LogP contribution in [0.3, 0.4) is 0 Å². The van der Waals surface area contributed by atoms with Gasteiger partial charge in [-0.15, -0.1) is 0 Å². The summed E-state index contributed by atoms with van der Waals surface area (Å²) < 4.78 is 11.1. The summed E-state index contributed by atoms with van der Waals surface area (Å²) in [4.78, 5) is 12.5. The molecule has 7 heteroatoms. The highest BCUT2D eigenvalue weighted by molar-refractivity contribution is 6.43. The summed E-state index contributed by atoms with van der Waals surface area (Å²) in [7, 11) is -1.70. The molecule has 26 heavy (non-hydrogen) atoms. The van der Waals surface area contributed by atoms with Crippen molar-refractivity contribution in [2.24, 2.45) is 0 Å². The van der Waals surface area contributed by atoms with E-state index in [4.69, 9.17) is 9.15 Å². The monoisotopic (exact) mass is 351 g/mol. The normalized spacial score (nSPS) is 16.8. The van der Waals surface area contributed by atoms with Gasteiger partial charge in [0.1, 0.15) is 11.3 Å². The highest BCUT2D eigenvalue weighted by Crippen LogP contribution is 2.28. The minimum absolute atomic E-state index is 0.236. The van der Waals surface area contributed by atoms with Crippen LogP contribution in [0.5, 0.6) is 5.75 Å². The van der Waals surface area contributed by atoms with Crippen molar-refractivity contribution in [3.63, 3.8) is 0 Å². The molecule has 0 fully saturated rings. The Balaban J connectivity index is 1.47. The minimum Gasteiger partial charge on any atom is -0.480 e. The molecule has 132 valence electrons. The predicted octanol–water partition coefficient (Wildman–Crippen LogP) is 1.48.